The van der Waals surface area contributed by atoms with Crippen molar-refractivity contribution in [3.8, 4) is 0 Å². The highest BCUT2D eigenvalue weighted by molar-refractivity contribution is 5.67. The van der Waals surface area contributed by atoms with E-state index in [0.29, 0.717) is 12.3 Å². The van der Waals surface area contributed by atoms with E-state index in [2.05, 4.69) is 13.8 Å². The molecule has 0 N–H and O–H groups in total. The average Bonchev–Trinajstić information content (AvgIpc) is 2.32. The van der Waals surface area contributed by atoms with Gasteiger partial charge in [0.2, 0.25) is 12.1 Å². The molecule has 4 bridgehead atoms. The molecular weight excluding hydrogens is 276 g/mol. The number of esters is 2. The van der Waals surface area contributed by atoms with Crippen molar-refractivity contribution >= 4 is 11.9 Å². The molecular formula is C15H22O6. The van der Waals surface area contributed by atoms with Gasteiger partial charge in [-0.3, -0.25) is 9.59 Å². The summed E-state index contributed by atoms with van der Waals surface area (Å²) in [6.07, 6.45) is 0.999. The predicted molar refractivity (Wildman–Crippen MR) is 70.6 cm³/mol. The van der Waals surface area contributed by atoms with Crippen LogP contribution in [0.4, 0.5) is 0 Å². The monoisotopic (exact) mass is 298 g/mol. The fourth-order valence-corrected chi connectivity index (χ4v) is 4.26. The topological polar surface area (TPSA) is 71.1 Å². The van der Waals surface area contributed by atoms with Crippen LogP contribution in [0.2, 0.25) is 0 Å². The van der Waals surface area contributed by atoms with Crippen molar-refractivity contribution < 1.29 is 28.5 Å². The molecule has 1 saturated carbocycles. The van der Waals surface area contributed by atoms with Gasteiger partial charge in [0.25, 0.3) is 0 Å². The predicted octanol–water partition coefficient (Wildman–Crippen LogP) is 1.96. The van der Waals surface area contributed by atoms with E-state index in [9.17, 15) is 9.59 Å². The summed E-state index contributed by atoms with van der Waals surface area (Å²) in [4.78, 5) is 22.9. The van der Waals surface area contributed by atoms with Gasteiger partial charge in [0.1, 0.15) is 0 Å². The molecule has 3 heterocycles. The first-order chi connectivity index (χ1) is 9.77. The van der Waals surface area contributed by atoms with Gasteiger partial charge in [-0.1, -0.05) is 13.8 Å². The first-order valence-electron chi connectivity index (χ1n) is 7.47. The molecule has 1 aliphatic carbocycles. The van der Waals surface area contributed by atoms with Crippen LogP contribution in [-0.4, -0.2) is 30.3 Å². The minimum Gasteiger partial charge on any atom is -0.435 e. The van der Waals surface area contributed by atoms with Crippen LogP contribution in [0.3, 0.4) is 0 Å². The van der Waals surface area contributed by atoms with Crippen molar-refractivity contribution in [2.24, 2.45) is 17.3 Å². The fraction of sp³-hybridized carbons (Fsp3) is 0.867. The smallest absolute Gasteiger partial charge is 0.305 e. The second kappa shape index (κ2) is 4.68. The molecule has 4 fully saturated rings. The van der Waals surface area contributed by atoms with Crippen molar-refractivity contribution in [3.63, 3.8) is 0 Å². The Bertz CT molecular complexity index is 477. The fourth-order valence-electron chi connectivity index (χ4n) is 4.26. The van der Waals surface area contributed by atoms with Gasteiger partial charge in [-0.15, -0.1) is 0 Å². The maximum Gasteiger partial charge on any atom is 0.305 e. The molecule has 4 rings (SSSR count). The van der Waals surface area contributed by atoms with Crippen molar-refractivity contribution in [1.82, 2.24) is 0 Å². The molecule has 0 amide bonds. The van der Waals surface area contributed by atoms with Crippen LogP contribution in [0.15, 0.2) is 0 Å². The molecule has 6 nitrogen and oxygen atoms in total. The quantitative estimate of drug-likeness (QED) is 0.726. The van der Waals surface area contributed by atoms with Gasteiger partial charge in [0.05, 0.1) is 5.92 Å². The minimum atomic E-state index is -1.03. The molecule has 21 heavy (non-hydrogen) atoms. The maximum absolute atomic E-state index is 11.5. The molecule has 0 aromatic heterocycles. The molecule has 0 spiro atoms. The van der Waals surface area contributed by atoms with Crippen molar-refractivity contribution in [3.05, 3.63) is 0 Å². The normalized spacial score (nSPS) is 47.8. The summed E-state index contributed by atoms with van der Waals surface area (Å²) < 4.78 is 22.5. The Morgan fingerprint density at radius 2 is 1.95 bits per heavy atom. The van der Waals surface area contributed by atoms with Gasteiger partial charge in [-0.05, 0) is 17.8 Å². The summed E-state index contributed by atoms with van der Waals surface area (Å²) in [6, 6.07) is 0. The van der Waals surface area contributed by atoms with Crippen LogP contribution in [-0.2, 0) is 28.5 Å². The van der Waals surface area contributed by atoms with Crippen molar-refractivity contribution in [1.29, 1.82) is 0 Å². The lowest BCUT2D eigenvalue weighted by molar-refractivity contribution is -0.473. The van der Waals surface area contributed by atoms with Crippen LogP contribution in [0, 0.1) is 17.3 Å². The summed E-state index contributed by atoms with van der Waals surface area (Å²) >= 11 is 0. The van der Waals surface area contributed by atoms with Crippen LogP contribution >= 0.6 is 0 Å². The van der Waals surface area contributed by atoms with Gasteiger partial charge in [0.15, 0.2) is 6.29 Å². The first kappa shape index (κ1) is 14.8. The van der Waals surface area contributed by atoms with Gasteiger partial charge < -0.3 is 18.9 Å². The zero-order valence-corrected chi connectivity index (χ0v) is 12.9. The van der Waals surface area contributed by atoms with E-state index in [-0.39, 0.29) is 17.3 Å². The SMILES string of the molecule is CC(=O)O[C@@H]1O[C@H]2C[C@]3(C)[C@H](C)CC[C@](OC(C)=O)(O2)[C@H]13. The number of hydrogen-bond acceptors (Lipinski definition) is 6. The number of ether oxygens (including phenoxy) is 4. The van der Waals surface area contributed by atoms with Crippen LogP contribution in [0.1, 0.15) is 47.0 Å². The number of hydrogen-bond donors (Lipinski definition) is 0. The van der Waals surface area contributed by atoms with E-state index in [1.807, 2.05) is 0 Å². The Hall–Kier alpha value is -1.14. The number of rotatable bonds is 2. The summed E-state index contributed by atoms with van der Waals surface area (Å²) in [7, 11) is 0. The van der Waals surface area contributed by atoms with Gasteiger partial charge >= 0.3 is 11.9 Å². The second-order valence-electron chi connectivity index (χ2n) is 6.69. The number of carbonyl (C=O) groups is 2. The highest BCUT2D eigenvalue weighted by Gasteiger charge is 2.69. The van der Waals surface area contributed by atoms with Gasteiger partial charge in [-0.25, -0.2) is 0 Å². The third-order valence-electron chi connectivity index (χ3n) is 5.33. The lowest BCUT2D eigenvalue weighted by atomic mass is 9.55. The molecule has 0 aromatic rings. The van der Waals surface area contributed by atoms with E-state index < -0.39 is 24.3 Å². The summed E-state index contributed by atoms with van der Waals surface area (Å²) in [5.74, 6) is -1.71. The van der Waals surface area contributed by atoms with E-state index in [1.165, 1.54) is 13.8 Å². The Morgan fingerprint density at radius 3 is 2.57 bits per heavy atom. The van der Waals surface area contributed by atoms with Gasteiger partial charge in [-0.2, -0.15) is 0 Å². The average molecular weight is 298 g/mol. The Morgan fingerprint density at radius 1 is 1.24 bits per heavy atom. The van der Waals surface area contributed by atoms with E-state index in [0.717, 1.165) is 12.8 Å². The minimum absolute atomic E-state index is 0.144. The van der Waals surface area contributed by atoms with E-state index in [1.54, 1.807) is 0 Å². The molecule has 6 heteroatoms. The van der Waals surface area contributed by atoms with Gasteiger partial charge in [0, 0.05) is 26.7 Å². The first-order valence-corrected chi connectivity index (χ1v) is 7.47. The summed E-state index contributed by atoms with van der Waals surface area (Å²) in [6.45, 7) is 7.06. The highest BCUT2D eigenvalue weighted by Crippen LogP contribution is 2.63. The summed E-state index contributed by atoms with van der Waals surface area (Å²) in [5, 5.41) is 0. The standard InChI is InChI=1S/C15H22O6/c1-8-5-6-15(20-10(3)17)12-13(18-9(2)16)19-11(21-15)7-14(8,12)4/h8,11-13H,5-7H2,1-4H3/t8-,11-,12-,13-,14-,15+/m1/s1. The third kappa shape index (κ3) is 2.16. The molecule has 4 aliphatic rings. The Labute approximate surface area is 124 Å². The van der Waals surface area contributed by atoms with Crippen LogP contribution in [0.5, 0.6) is 0 Å². The Kier molecular flexibility index (Phi) is 3.29. The van der Waals surface area contributed by atoms with E-state index in [4.69, 9.17) is 18.9 Å². The maximum atomic E-state index is 11.5. The lowest BCUT2D eigenvalue weighted by Gasteiger charge is -2.64. The molecule has 0 unspecified atom stereocenters. The Balaban J connectivity index is 2.01. The summed E-state index contributed by atoms with van der Waals surface area (Å²) in [5.41, 5.74) is -0.144. The molecule has 3 saturated heterocycles. The number of carbonyl (C=O) groups excluding carboxylic acids is 2. The van der Waals surface area contributed by atoms with Crippen LogP contribution in [0.25, 0.3) is 0 Å². The van der Waals surface area contributed by atoms with Crippen molar-refractivity contribution in [2.45, 2.75) is 65.3 Å². The largest absolute Gasteiger partial charge is 0.435 e. The molecule has 3 aliphatic heterocycles. The molecule has 0 aromatic carbocycles. The zero-order valence-electron chi connectivity index (χ0n) is 12.9. The lowest BCUT2D eigenvalue weighted by Crippen LogP contribution is -2.71. The second-order valence-corrected chi connectivity index (χ2v) is 6.69. The molecule has 6 atom stereocenters. The number of fused-ring (bicyclic) bond motifs is 1. The van der Waals surface area contributed by atoms with Crippen LogP contribution < -0.4 is 0 Å². The van der Waals surface area contributed by atoms with E-state index >= 15 is 0 Å². The third-order valence-corrected chi connectivity index (χ3v) is 5.33. The molecule has 0 radical (unpaired) electrons. The zero-order chi connectivity index (χ0) is 15.4. The highest BCUT2D eigenvalue weighted by atomic mass is 16.8. The molecule has 118 valence electrons. The van der Waals surface area contributed by atoms with Crippen molar-refractivity contribution in [2.75, 3.05) is 0 Å².